The van der Waals surface area contributed by atoms with Gasteiger partial charge >= 0.3 is 5.97 Å². The van der Waals surface area contributed by atoms with E-state index in [1.54, 1.807) is 31.2 Å². The first kappa shape index (κ1) is 17.8. The van der Waals surface area contributed by atoms with Crippen LogP contribution in [-0.2, 0) is 14.3 Å². The number of hydrogen-bond donors (Lipinski definition) is 1. The topological polar surface area (TPSA) is 55.4 Å². The fourth-order valence-electron chi connectivity index (χ4n) is 1.97. The molecule has 0 radical (unpaired) electrons. The summed E-state index contributed by atoms with van der Waals surface area (Å²) in [5.41, 5.74) is 2.23. The van der Waals surface area contributed by atoms with E-state index >= 15 is 0 Å². The quantitative estimate of drug-likeness (QED) is 0.652. The predicted octanol–water partition coefficient (Wildman–Crippen LogP) is 4.23. The first-order valence-electron chi connectivity index (χ1n) is 7.47. The molecule has 0 spiro atoms. The fraction of sp³-hybridized carbons (Fsp3) is 0.158. The van der Waals surface area contributed by atoms with Crippen LogP contribution >= 0.6 is 11.6 Å². The third kappa shape index (κ3) is 4.96. The maximum absolute atomic E-state index is 12.1. The molecule has 0 aliphatic heterocycles. The zero-order valence-electron chi connectivity index (χ0n) is 13.5. The van der Waals surface area contributed by atoms with Gasteiger partial charge in [-0.25, -0.2) is 4.79 Å². The van der Waals surface area contributed by atoms with E-state index < -0.39 is 18.0 Å². The Morgan fingerprint density at radius 3 is 2.54 bits per heavy atom. The summed E-state index contributed by atoms with van der Waals surface area (Å²) < 4.78 is 5.11. The number of ether oxygens (including phenoxy) is 1. The zero-order valence-corrected chi connectivity index (χ0v) is 14.2. The van der Waals surface area contributed by atoms with Crippen molar-refractivity contribution in [1.29, 1.82) is 0 Å². The van der Waals surface area contributed by atoms with Crippen molar-refractivity contribution in [2.75, 3.05) is 5.32 Å². The summed E-state index contributed by atoms with van der Waals surface area (Å²) in [4.78, 5) is 23.9. The van der Waals surface area contributed by atoms with Gasteiger partial charge in [0.2, 0.25) is 0 Å². The molecule has 2 rings (SSSR count). The van der Waals surface area contributed by atoms with Crippen LogP contribution in [0.1, 0.15) is 18.1 Å². The minimum Gasteiger partial charge on any atom is -0.449 e. The maximum atomic E-state index is 12.1. The molecule has 0 aliphatic rings. The number of carbonyl (C=O) groups excluding carboxylic acids is 2. The largest absolute Gasteiger partial charge is 0.449 e. The summed E-state index contributed by atoms with van der Waals surface area (Å²) in [6.45, 7) is 3.32. The smallest absolute Gasteiger partial charge is 0.331 e. The van der Waals surface area contributed by atoms with Crippen LogP contribution in [0.5, 0.6) is 0 Å². The van der Waals surface area contributed by atoms with Crippen molar-refractivity contribution < 1.29 is 14.3 Å². The third-order valence-corrected chi connectivity index (χ3v) is 3.81. The molecule has 4 nitrogen and oxygen atoms in total. The SMILES string of the molecule is Cc1c(Cl)cccc1NC(=O)[C@H](C)OC(=O)/C=C/c1ccccc1. The van der Waals surface area contributed by atoms with Gasteiger partial charge in [-0.05, 0) is 43.2 Å². The number of halogens is 1. The van der Waals surface area contributed by atoms with Crippen molar-refractivity contribution in [2.24, 2.45) is 0 Å². The fourth-order valence-corrected chi connectivity index (χ4v) is 2.15. The second kappa shape index (κ2) is 8.31. The van der Waals surface area contributed by atoms with Gasteiger partial charge in [-0.3, -0.25) is 4.79 Å². The van der Waals surface area contributed by atoms with Crippen LogP contribution in [0.3, 0.4) is 0 Å². The summed E-state index contributed by atoms with van der Waals surface area (Å²) in [6, 6.07) is 14.6. The van der Waals surface area contributed by atoms with Gasteiger partial charge in [-0.2, -0.15) is 0 Å². The van der Waals surface area contributed by atoms with E-state index in [0.717, 1.165) is 11.1 Å². The number of nitrogens with one attached hydrogen (secondary N) is 1. The molecule has 24 heavy (non-hydrogen) atoms. The number of hydrogen-bond acceptors (Lipinski definition) is 3. The molecule has 124 valence electrons. The molecule has 0 bridgehead atoms. The molecular weight excluding hydrogens is 326 g/mol. The highest BCUT2D eigenvalue weighted by Gasteiger charge is 2.17. The van der Waals surface area contributed by atoms with E-state index in [-0.39, 0.29) is 0 Å². The maximum Gasteiger partial charge on any atom is 0.331 e. The van der Waals surface area contributed by atoms with Gasteiger partial charge in [0.1, 0.15) is 0 Å². The summed E-state index contributed by atoms with van der Waals surface area (Å²) in [7, 11) is 0. The number of amides is 1. The van der Waals surface area contributed by atoms with Crippen molar-refractivity contribution in [3.05, 3.63) is 70.8 Å². The van der Waals surface area contributed by atoms with Gasteiger partial charge in [0.05, 0.1) is 0 Å². The van der Waals surface area contributed by atoms with Crippen molar-refractivity contribution in [1.82, 2.24) is 0 Å². The molecular formula is C19H18ClNO3. The lowest BCUT2D eigenvalue weighted by atomic mass is 10.2. The minimum absolute atomic E-state index is 0.415. The van der Waals surface area contributed by atoms with E-state index in [4.69, 9.17) is 16.3 Å². The second-order valence-electron chi connectivity index (χ2n) is 5.22. The van der Waals surface area contributed by atoms with Gasteiger partial charge in [0.15, 0.2) is 6.10 Å². The molecule has 2 aromatic rings. The lowest BCUT2D eigenvalue weighted by Gasteiger charge is -2.14. The molecule has 0 unspecified atom stereocenters. The number of benzene rings is 2. The Morgan fingerprint density at radius 2 is 1.83 bits per heavy atom. The van der Waals surface area contributed by atoms with Crippen molar-refractivity contribution in [3.63, 3.8) is 0 Å². The van der Waals surface area contributed by atoms with Gasteiger partial charge in [0, 0.05) is 16.8 Å². The highest BCUT2D eigenvalue weighted by atomic mass is 35.5. The van der Waals surface area contributed by atoms with Gasteiger partial charge in [-0.1, -0.05) is 48.0 Å². The van der Waals surface area contributed by atoms with Crippen molar-refractivity contribution >= 4 is 35.2 Å². The minimum atomic E-state index is -0.920. The molecule has 0 saturated heterocycles. The Bertz CT molecular complexity index is 756. The molecule has 1 atom stereocenters. The Kier molecular flexibility index (Phi) is 6.15. The van der Waals surface area contributed by atoms with Crippen LogP contribution < -0.4 is 5.32 Å². The molecule has 0 fully saturated rings. The highest BCUT2D eigenvalue weighted by molar-refractivity contribution is 6.31. The van der Waals surface area contributed by atoms with Crippen LogP contribution in [0.25, 0.3) is 6.08 Å². The first-order valence-corrected chi connectivity index (χ1v) is 7.85. The second-order valence-corrected chi connectivity index (χ2v) is 5.63. The van der Waals surface area contributed by atoms with Crippen LogP contribution in [0.4, 0.5) is 5.69 Å². The average molecular weight is 344 g/mol. The van der Waals surface area contributed by atoms with E-state index in [1.807, 2.05) is 30.3 Å². The van der Waals surface area contributed by atoms with Crippen LogP contribution in [0.15, 0.2) is 54.6 Å². The lowest BCUT2D eigenvalue weighted by molar-refractivity contribution is -0.148. The zero-order chi connectivity index (χ0) is 17.5. The standard InChI is InChI=1S/C19H18ClNO3/c1-13-16(20)9-6-10-17(13)21-19(23)14(2)24-18(22)12-11-15-7-4-3-5-8-15/h3-12,14H,1-2H3,(H,21,23)/b12-11+/t14-/m0/s1. The van der Waals surface area contributed by atoms with Gasteiger partial charge < -0.3 is 10.1 Å². The molecule has 1 N–H and O–H groups in total. The Hall–Kier alpha value is -2.59. The van der Waals surface area contributed by atoms with Crippen molar-refractivity contribution in [2.45, 2.75) is 20.0 Å². The summed E-state index contributed by atoms with van der Waals surface area (Å²) in [5.74, 6) is -0.994. The summed E-state index contributed by atoms with van der Waals surface area (Å²) in [5, 5.41) is 3.26. The molecule has 2 aromatic carbocycles. The monoisotopic (exact) mass is 343 g/mol. The first-order chi connectivity index (χ1) is 11.5. The number of esters is 1. The van der Waals surface area contributed by atoms with Crippen LogP contribution in [0.2, 0.25) is 5.02 Å². The predicted molar refractivity (Wildman–Crippen MR) is 95.8 cm³/mol. The molecule has 0 aromatic heterocycles. The van der Waals surface area contributed by atoms with Crippen LogP contribution in [0, 0.1) is 6.92 Å². The Balaban J connectivity index is 1.92. The average Bonchev–Trinajstić information content (AvgIpc) is 2.58. The highest BCUT2D eigenvalue weighted by Crippen LogP contribution is 2.23. The normalized spacial score (nSPS) is 12.0. The van der Waals surface area contributed by atoms with E-state index in [9.17, 15) is 9.59 Å². The summed E-state index contributed by atoms with van der Waals surface area (Å²) >= 11 is 6.01. The van der Waals surface area contributed by atoms with E-state index in [0.29, 0.717) is 10.7 Å². The molecule has 5 heteroatoms. The third-order valence-electron chi connectivity index (χ3n) is 3.40. The Labute approximate surface area is 146 Å². The number of rotatable bonds is 5. The van der Waals surface area contributed by atoms with Crippen molar-refractivity contribution in [3.8, 4) is 0 Å². The van der Waals surface area contributed by atoms with Crippen LogP contribution in [-0.4, -0.2) is 18.0 Å². The lowest BCUT2D eigenvalue weighted by Crippen LogP contribution is -2.29. The molecule has 0 aliphatic carbocycles. The molecule has 0 heterocycles. The molecule has 0 saturated carbocycles. The van der Waals surface area contributed by atoms with Gasteiger partial charge in [-0.15, -0.1) is 0 Å². The summed E-state index contributed by atoms with van der Waals surface area (Å²) in [6.07, 6.45) is 2.01. The van der Waals surface area contributed by atoms with Gasteiger partial charge in [0.25, 0.3) is 5.91 Å². The number of anilines is 1. The Morgan fingerprint density at radius 1 is 1.12 bits per heavy atom. The van der Waals surface area contributed by atoms with E-state index in [2.05, 4.69) is 5.32 Å². The number of carbonyl (C=O) groups is 2. The van der Waals surface area contributed by atoms with E-state index in [1.165, 1.54) is 13.0 Å². The molecule has 1 amide bonds.